The Morgan fingerprint density at radius 2 is 1.86 bits per heavy atom. The molecule has 3 rings (SSSR count). The van der Waals surface area contributed by atoms with Gasteiger partial charge in [0, 0.05) is 27.5 Å². The molecule has 0 amide bonds. The third kappa shape index (κ3) is 3.13. The molecule has 1 heterocycles. The second kappa shape index (κ2) is 5.69. The first kappa shape index (κ1) is 13.8. The standard InChI is InChI=1S/C16H13BrFN3/c17-14-3-6-16(18)12(7-14)9-21-10-13(8-20-21)11-1-4-15(19)5-2-11/h1-8,10H,9,19H2. The molecule has 106 valence electrons. The first-order valence-corrected chi connectivity index (χ1v) is 7.23. The molecule has 3 nitrogen and oxygen atoms in total. The minimum Gasteiger partial charge on any atom is -0.399 e. The first-order chi connectivity index (χ1) is 10.1. The number of nitrogen functional groups attached to an aromatic ring is 1. The summed E-state index contributed by atoms with van der Waals surface area (Å²) in [5, 5.41) is 4.28. The van der Waals surface area contributed by atoms with E-state index in [1.807, 2.05) is 30.5 Å². The van der Waals surface area contributed by atoms with Crippen molar-refractivity contribution in [3.63, 3.8) is 0 Å². The molecule has 0 fully saturated rings. The number of rotatable bonds is 3. The number of hydrogen-bond donors (Lipinski definition) is 1. The highest BCUT2D eigenvalue weighted by Gasteiger charge is 2.06. The predicted octanol–water partition coefficient (Wildman–Crippen LogP) is 4.08. The molecule has 0 aliphatic carbocycles. The third-order valence-corrected chi connectivity index (χ3v) is 3.71. The van der Waals surface area contributed by atoms with Crippen LogP contribution in [-0.2, 0) is 6.54 Å². The van der Waals surface area contributed by atoms with Crippen LogP contribution in [0.25, 0.3) is 11.1 Å². The minimum atomic E-state index is -0.234. The van der Waals surface area contributed by atoms with Gasteiger partial charge >= 0.3 is 0 Å². The van der Waals surface area contributed by atoms with Crippen LogP contribution in [0, 0.1) is 5.82 Å². The van der Waals surface area contributed by atoms with Crippen molar-refractivity contribution < 1.29 is 4.39 Å². The highest BCUT2D eigenvalue weighted by molar-refractivity contribution is 9.10. The van der Waals surface area contributed by atoms with Crippen LogP contribution in [0.15, 0.2) is 59.3 Å². The van der Waals surface area contributed by atoms with E-state index in [2.05, 4.69) is 21.0 Å². The SMILES string of the molecule is Nc1ccc(-c2cnn(Cc3cc(Br)ccc3F)c2)cc1. The topological polar surface area (TPSA) is 43.8 Å². The Morgan fingerprint density at radius 3 is 2.62 bits per heavy atom. The Labute approximate surface area is 130 Å². The highest BCUT2D eigenvalue weighted by Crippen LogP contribution is 2.21. The molecule has 2 N–H and O–H groups in total. The Kier molecular flexibility index (Phi) is 3.75. The van der Waals surface area contributed by atoms with Gasteiger partial charge in [-0.1, -0.05) is 28.1 Å². The quantitative estimate of drug-likeness (QED) is 0.726. The molecule has 21 heavy (non-hydrogen) atoms. The van der Waals surface area contributed by atoms with E-state index in [9.17, 15) is 4.39 Å². The molecule has 0 aliphatic rings. The van der Waals surface area contributed by atoms with Crippen molar-refractivity contribution in [3.8, 4) is 11.1 Å². The minimum absolute atomic E-state index is 0.234. The fraction of sp³-hybridized carbons (Fsp3) is 0.0625. The second-order valence-electron chi connectivity index (χ2n) is 4.78. The summed E-state index contributed by atoms with van der Waals surface area (Å²) in [7, 11) is 0. The summed E-state index contributed by atoms with van der Waals surface area (Å²) >= 11 is 3.35. The smallest absolute Gasteiger partial charge is 0.128 e. The fourth-order valence-electron chi connectivity index (χ4n) is 2.11. The van der Waals surface area contributed by atoms with Crippen LogP contribution in [0.4, 0.5) is 10.1 Å². The zero-order valence-electron chi connectivity index (χ0n) is 11.1. The van der Waals surface area contributed by atoms with Gasteiger partial charge in [0.25, 0.3) is 0 Å². The van der Waals surface area contributed by atoms with E-state index in [4.69, 9.17) is 5.73 Å². The summed E-state index contributed by atoms with van der Waals surface area (Å²) in [5.74, 6) is -0.234. The summed E-state index contributed by atoms with van der Waals surface area (Å²) in [4.78, 5) is 0. The molecule has 0 saturated carbocycles. The van der Waals surface area contributed by atoms with Crippen LogP contribution in [0.2, 0.25) is 0 Å². The average molecular weight is 346 g/mol. The lowest BCUT2D eigenvalue weighted by Gasteiger charge is -2.04. The van der Waals surface area contributed by atoms with Gasteiger partial charge in [-0.15, -0.1) is 0 Å². The van der Waals surface area contributed by atoms with Crippen molar-refractivity contribution >= 4 is 21.6 Å². The second-order valence-corrected chi connectivity index (χ2v) is 5.70. The Balaban J connectivity index is 1.85. The molecule has 0 bridgehead atoms. The highest BCUT2D eigenvalue weighted by atomic mass is 79.9. The van der Waals surface area contributed by atoms with E-state index >= 15 is 0 Å². The van der Waals surface area contributed by atoms with E-state index in [0.29, 0.717) is 12.1 Å². The molecule has 0 unspecified atom stereocenters. The van der Waals surface area contributed by atoms with Crippen LogP contribution in [0.5, 0.6) is 0 Å². The summed E-state index contributed by atoms with van der Waals surface area (Å²) in [6.07, 6.45) is 3.66. The molecule has 0 radical (unpaired) electrons. The van der Waals surface area contributed by atoms with Gasteiger partial charge in [0.1, 0.15) is 5.82 Å². The summed E-state index contributed by atoms with van der Waals surface area (Å²) in [6, 6.07) is 12.5. The van der Waals surface area contributed by atoms with E-state index in [1.165, 1.54) is 6.07 Å². The third-order valence-electron chi connectivity index (χ3n) is 3.22. The monoisotopic (exact) mass is 345 g/mol. The van der Waals surface area contributed by atoms with Gasteiger partial charge < -0.3 is 5.73 Å². The predicted molar refractivity (Wildman–Crippen MR) is 85.3 cm³/mol. The molecule has 0 saturated heterocycles. The maximum absolute atomic E-state index is 13.8. The lowest BCUT2D eigenvalue weighted by atomic mass is 10.1. The zero-order chi connectivity index (χ0) is 14.8. The van der Waals surface area contributed by atoms with E-state index in [0.717, 1.165) is 21.3 Å². The Morgan fingerprint density at radius 1 is 1.10 bits per heavy atom. The van der Waals surface area contributed by atoms with Crippen LogP contribution in [-0.4, -0.2) is 9.78 Å². The lowest BCUT2D eigenvalue weighted by molar-refractivity contribution is 0.585. The van der Waals surface area contributed by atoms with Crippen molar-refractivity contribution in [3.05, 3.63) is 70.7 Å². The van der Waals surface area contributed by atoms with Gasteiger partial charge in [0.05, 0.1) is 12.7 Å². The van der Waals surface area contributed by atoms with Crippen molar-refractivity contribution in [2.75, 3.05) is 5.73 Å². The van der Waals surface area contributed by atoms with Gasteiger partial charge in [-0.05, 0) is 35.9 Å². The molecule has 2 aromatic carbocycles. The molecule has 1 aromatic heterocycles. The number of aromatic nitrogens is 2. The number of halogens is 2. The molecular weight excluding hydrogens is 333 g/mol. The van der Waals surface area contributed by atoms with Crippen molar-refractivity contribution in [1.29, 1.82) is 0 Å². The van der Waals surface area contributed by atoms with Gasteiger partial charge in [-0.2, -0.15) is 5.10 Å². The van der Waals surface area contributed by atoms with Gasteiger partial charge in [-0.3, -0.25) is 4.68 Å². The number of hydrogen-bond acceptors (Lipinski definition) is 2. The van der Waals surface area contributed by atoms with E-state index in [-0.39, 0.29) is 5.82 Å². The van der Waals surface area contributed by atoms with E-state index in [1.54, 1.807) is 23.0 Å². The molecule has 5 heteroatoms. The fourth-order valence-corrected chi connectivity index (χ4v) is 2.52. The normalized spacial score (nSPS) is 10.8. The number of benzene rings is 2. The Hall–Kier alpha value is -2.14. The summed E-state index contributed by atoms with van der Waals surface area (Å²) in [6.45, 7) is 0.389. The lowest BCUT2D eigenvalue weighted by Crippen LogP contribution is -2.02. The van der Waals surface area contributed by atoms with Crippen molar-refractivity contribution in [2.24, 2.45) is 0 Å². The van der Waals surface area contributed by atoms with Crippen LogP contribution < -0.4 is 5.73 Å². The van der Waals surface area contributed by atoms with Crippen LogP contribution in [0.3, 0.4) is 0 Å². The number of nitrogens with two attached hydrogens (primary N) is 1. The van der Waals surface area contributed by atoms with Crippen molar-refractivity contribution in [2.45, 2.75) is 6.54 Å². The largest absolute Gasteiger partial charge is 0.399 e. The molecule has 0 aliphatic heterocycles. The van der Waals surface area contributed by atoms with Crippen LogP contribution >= 0.6 is 15.9 Å². The molecular formula is C16H13BrFN3. The first-order valence-electron chi connectivity index (χ1n) is 6.44. The number of anilines is 1. The van der Waals surface area contributed by atoms with Gasteiger partial charge in [0.15, 0.2) is 0 Å². The maximum Gasteiger partial charge on any atom is 0.128 e. The van der Waals surface area contributed by atoms with Crippen LogP contribution in [0.1, 0.15) is 5.56 Å². The number of nitrogens with zero attached hydrogens (tertiary/aromatic N) is 2. The Bertz CT molecular complexity index is 765. The molecule has 3 aromatic rings. The zero-order valence-corrected chi connectivity index (χ0v) is 12.7. The average Bonchev–Trinajstić information content (AvgIpc) is 2.92. The van der Waals surface area contributed by atoms with Gasteiger partial charge in [0.2, 0.25) is 0 Å². The molecule has 0 atom stereocenters. The maximum atomic E-state index is 13.8. The summed E-state index contributed by atoms with van der Waals surface area (Å²) in [5.41, 5.74) is 9.00. The van der Waals surface area contributed by atoms with E-state index < -0.39 is 0 Å². The summed E-state index contributed by atoms with van der Waals surface area (Å²) < 4.78 is 16.3. The molecule has 0 spiro atoms. The van der Waals surface area contributed by atoms with Crippen molar-refractivity contribution in [1.82, 2.24) is 9.78 Å². The van der Waals surface area contributed by atoms with Gasteiger partial charge in [-0.25, -0.2) is 4.39 Å².